The first-order valence-electron chi connectivity index (χ1n) is 8.80. The van der Waals surface area contributed by atoms with Crippen LogP contribution in [0.3, 0.4) is 0 Å². The Labute approximate surface area is 141 Å². The van der Waals surface area contributed by atoms with Gasteiger partial charge in [0, 0.05) is 51.0 Å². The lowest BCUT2D eigenvalue weighted by Crippen LogP contribution is -2.43. The van der Waals surface area contributed by atoms with E-state index in [1.165, 1.54) is 0 Å². The zero-order valence-electron chi connectivity index (χ0n) is 13.8. The summed E-state index contributed by atoms with van der Waals surface area (Å²) in [5.41, 5.74) is 1.04. The standard InChI is InChI=1S/C18H23N3O3/c22-17-10-16-15(21(17)12-13-2-1-6-19-11-13)3-7-20(16)18(23)14-4-8-24-9-5-14/h1-2,6,11,14-16H,3-5,7-10,12H2/t15-,16+/m1/s1. The molecule has 0 saturated carbocycles. The summed E-state index contributed by atoms with van der Waals surface area (Å²) in [5.74, 6) is 0.445. The van der Waals surface area contributed by atoms with E-state index in [9.17, 15) is 9.59 Å². The normalized spacial score (nSPS) is 27.6. The lowest BCUT2D eigenvalue weighted by atomic mass is 9.98. The molecular weight excluding hydrogens is 306 g/mol. The number of hydrogen-bond donors (Lipinski definition) is 0. The van der Waals surface area contributed by atoms with Crippen molar-refractivity contribution >= 4 is 11.8 Å². The number of aromatic nitrogens is 1. The van der Waals surface area contributed by atoms with E-state index >= 15 is 0 Å². The van der Waals surface area contributed by atoms with Crippen molar-refractivity contribution in [2.24, 2.45) is 5.92 Å². The first-order valence-corrected chi connectivity index (χ1v) is 8.80. The lowest BCUT2D eigenvalue weighted by Gasteiger charge is -2.30. The van der Waals surface area contributed by atoms with Crippen molar-refractivity contribution in [3.05, 3.63) is 30.1 Å². The van der Waals surface area contributed by atoms with Crippen LogP contribution in [-0.2, 0) is 20.9 Å². The molecule has 2 amide bonds. The molecule has 2 atom stereocenters. The number of pyridine rings is 1. The van der Waals surface area contributed by atoms with Crippen LogP contribution in [0, 0.1) is 5.92 Å². The third-order valence-corrected chi connectivity index (χ3v) is 5.54. The Morgan fingerprint density at radius 3 is 2.83 bits per heavy atom. The van der Waals surface area contributed by atoms with Gasteiger partial charge in [0.25, 0.3) is 0 Å². The van der Waals surface area contributed by atoms with Crippen molar-refractivity contribution in [3.63, 3.8) is 0 Å². The van der Waals surface area contributed by atoms with Crippen LogP contribution in [0.15, 0.2) is 24.5 Å². The van der Waals surface area contributed by atoms with Crippen molar-refractivity contribution in [1.29, 1.82) is 0 Å². The molecule has 4 heterocycles. The van der Waals surface area contributed by atoms with E-state index < -0.39 is 0 Å². The van der Waals surface area contributed by atoms with E-state index in [0.29, 0.717) is 26.2 Å². The van der Waals surface area contributed by atoms with Crippen molar-refractivity contribution in [1.82, 2.24) is 14.8 Å². The first kappa shape index (κ1) is 15.6. The molecule has 3 aliphatic heterocycles. The quantitative estimate of drug-likeness (QED) is 0.836. The topological polar surface area (TPSA) is 62.7 Å². The molecule has 6 heteroatoms. The van der Waals surface area contributed by atoms with Gasteiger partial charge in [-0.1, -0.05) is 6.07 Å². The Balaban J connectivity index is 1.46. The summed E-state index contributed by atoms with van der Waals surface area (Å²) < 4.78 is 5.36. The molecule has 0 N–H and O–H groups in total. The Morgan fingerprint density at radius 1 is 1.25 bits per heavy atom. The number of ether oxygens (including phenoxy) is 1. The summed E-state index contributed by atoms with van der Waals surface area (Å²) in [6, 6.07) is 4.09. The molecule has 3 saturated heterocycles. The van der Waals surface area contributed by atoms with Gasteiger partial charge in [0.1, 0.15) is 0 Å². The minimum Gasteiger partial charge on any atom is -0.381 e. The Kier molecular flexibility index (Phi) is 4.22. The summed E-state index contributed by atoms with van der Waals surface area (Å²) in [7, 11) is 0. The fraction of sp³-hybridized carbons (Fsp3) is 0.611. The number of rotatable bonds is 3. The zero-order chi connectivity index (χ0) is 16.5. The maximum Gasteiger partial charge on any atom is 0.226 e. The highest BCUT2D eigenvalue weighted by molar-refractivity contribution is 5.84. The Bertz CT molecular complexity index is 615. The molecule has 0 aliphatic carbocycles. The van der Waals surface area contributed by atoms with E-state index in [-0.39, 0.29) is 29.8 Å². The maximum atomic E-state index is 12.8. The number of fused-ring (bicyclic) bond motifs is 1. The summed E-state index contributed by atoms with van der Waals surface area (Å²) in [5, 5.41) is 0. The van der Waals surface area contributed by atoms with E-state index in [1.807, 2.05) is 21.9 Å². The maximum absolute atomic E-state index is 12.8. The van der Waals surface area contributed by atoms with E-state index in [4.69, 9.17) is 4.74 Å². The van der Waals surface area contributed by atoms with Crippen LogP contribution in [0.1, 0.15) is 31.2 Å². The van der Waals surface area contributed by atoms with Crippen LogP contribution in [-0.4, -0.2) is 58.4 Å². The Morgan fingerprint density at radius 2 is 2.08 bits per heavy atom. The number of amides is 2. The highest BCUT2D eigenvalue weighted by Crippen LogP contribution is 2.35. The number of nitrogens with zero attached hydrogens (tertiary/aromatic N) is 3. The van der Waals surface area contributed by atoms with Crippen molar-refractivity contribution in [3.8, 4) is 0 Å². The second-order valence-corrected chi connectivity index (χ2v) is 6.93. The van der Waals surface area contributed by atoms with Gasteiger partial charge in [0.15, 0.2) is 0 Å². The molecule has 1 aromatic heterocycles. The second-order valence-electron chi connectivity index (χ2n) is 6.93. The van der Waals surface area contributed by atoms with Crippen LogP contribution in [0.5, 0.6) is 0 Å². The summed E-state index contributed by atoms with van der Waals surface area (Å²) in [6.45, 7) is 2.70. The molecule has 24 heavy (non-hydrogen) atoms. The van der Waals surface area contributed by atoms with Crippen LogP contribution in [0.2, 0.25) is 0 Å². The average Bonchev–Trinajstić information content (AvgIpc) is 3.16. The fourth-order valence-electron chi connectivity index (χ4n) is 4.27. The van der Waals surface area contributed by atoms with Crippen LogP contribution in [0.4, 0.5) is 0 Å². The van der Waals surface area contributed by atoms with Gasteiger partial charge in [-0.15, -0.1) is 0 Å². The first-order chi connectivity index (χ1) is 11.7. The molecular formula is C18H23N3O3. The largest absolute Gasteiger partial charge is 0.381 e. The van der Waals surface area contributed by atoms with Gasteiger partial charge in [0.05, 0.1) is 12.1 Å². The van der Waals surface area contributed by atoms with Gasteiger partial charge >= 0.3 is 0 Å². The van der Waals surface area contributed by atoms with Gasteiger partial charge in [-0.3, -0.25) is 14.6 Å². The highest BCUT2D eigenvalue weighted by atomic mass is 16.5. The molecule has 0 bridgehead atoms. The molecule has 3 aliphatic rings. The number of likely N-dealkylation sites (tertiary alicyclic amines) is 2. The van der Waals surface area contributed by atoms with E-state index in [0.717, 1.165) is 31.4 Å². The molecule has 0 radical (unpaired) electrons. The summed E-state index contributed by atoms with van der Waals surface area (Å²) >= 11 is 0. The minimum atomic E-state index is 0.0458. The Hall–Kier alpha value is -1.95. The zero-order valence-corrected chi connectivity index (χ0v) is 13.8. The van der Waals surface area contributed by atoms with Gasteiger partial charge in [0.2, 0.25) is 11.8 Å². The monoisotopic (exact) mass is 329 g/mol. The van der Waals surface area contributed by atoms with Crippen LogP contribution < -0.4 is 0 Å². The van der Waals surface area contributed by atoms with Crippen molar-refractivity contribution in [2.75, 3.05) is 19.8 Å². The number of carbonyl (C=O) groups excluding carboxylic acids is 2. The highest BCUT2D eigenvalue weighted by Gasteiger charge is 2.49. The molecule has 0 aromatic carbocycles. The number of carbonyl (C=O) groups is 2. The molecule has 128 valence electrons. The molecule has 0 unspecified atom stereocenters. The average molecular weight is 329 g/mol. The van der Waals surface area contributed by atoms with Crippen molar-refractivity contribution < 1.29 is 14.3 Å². The summed E-state index contributed by atoms with van der Waals surface area (Å²) in [6.07, 6.45) is 6.49. The predicted octanol–water partition coefficient (Wildman–Crippen LogP) is 1.21. The fourth-order valence-corrected chi connectivity index (χ4v) is 4.27. The van der Waals surface area contributed by atoms with Gasteiger partial charge < -0.3 is 14.5 Å². The third-order valence-electron chi connectivity index (χ3n) is 5.54. The van der Waals surface area contributed by atoms with Gasteiger partial charge in [-0.25, -0.2) is 0 Å². The SMILES string of the molecule is O=C1C[C@H]2[C@@H](CCN2C(=O)C2CCOCC2)N1Cc1cccnc1. The van der Waals surface area contributed by atoms with E-state index in [1.54, 1.807) is 12.4 Å². The number of hydrogen-bond acceptors (Lipinski definition) is 4. The van der Waals surface area contributed by atoms with Crippen molar-refractivity contribution in [2.45, 2.75) is 44.3 Å². The molecule has 3 fully saturated rings. The smallest absolute Gasteiger partial charge is 0.226 e. The molecule has 1 aromatic rings. The molecule has 4 rings (SSSR count). The van der Waals surface area contributed by atoms with Crippen LogP contribution >= 0.6 is 0 Å². The van der Waals surface area contributed by atoms with Gasteiger partial charge in [-0.05, 0) is 30.9 Å². The minimum absolute atomic E-state index is 0.0458. The molecule has 6 nitrogen and oxygen atoms in total. The summed E-state index contributed by atoms with van der Waals surface area (Å²) in [4.78, 5) is 33.4. The second kappa shape index (κ2) is 6.51. The van der Waals surface area contributed by atoms with Gasteiger partial charge in [-0.2, -0.15) is 0 Å². The molecule has 0 spiro atoms. The predicted molar refractivity (Wildman–Crippen MR) is 86.9 cm³/mol. The third kappa shape index (κ3) is 2.79. The lowest BCUT2D eigenvalue weighted by molar-refractivity contribution is -0.139. The van der Waals surface area contributed by atoms with Crippen LogP contribution in [0.25, 0.3) is 0 Å². The van der Waals surface area contributed by atoms with E-state index in [2.05, 4.69) is 4.98 Å².